The van der Waals surface area contributed by atoms with E-state index < -0.39 is 23.4 Å². The van der Waals surface area contributed by atoms with Gasteiger partial charge in [0, 0.05) is 23.6 Å². The van der Waals surface area contributed by atoms with E-state index in [-0.39, 0.29) is 12.0 Å². The van der Waals surface area contributed by atoms with Gasteiger partial charge >= 0.3 is 5.97 Å². The Kier molecular flexibility index (Phi) is 3.64. The van der Waals surface area contributed by atoms with Crippen LogP contribution in [0, 0.1) is 12.8 Å². The van der Waals surface area contributed by atoms with Crippen molar-refractivity contribution in [2.24, 2.45) is 5.92 Å². The molecule has 0 fully saturated rings. The molecule has 1 aliphatic rings. The van der Waals surface area contributed by atoms with Crippen LogP contribution in [0.2, 0.25) is 0 Å². The molecule has 0 bridgehead atoms. The predicted octanol–water partition coefficient (Wildman–Crippen LogP) is 1.24. The average Bonchev–Trinajstić information content (AvgIpc) is 2.85. The lowest BCUT2D eigenvalue weighted by atomic mass is 9.66. The number of fused-ring (bicyclic) bond motifs is 1. The molecule has 0 spiro atoms. The van der Waals surface area contributed by atoms with Gasteiger partial charge in [-0.05, 0) is 19.4 Å². The monoisotopic (exact) mass is 316 g/mol. The normalized spacial score (nSPS) is 26.6. The zero-order valence-electron chi connectivity index (χ0n) is 13.3. The SMILES string of the molecule is COC(=O)[C@@H]1[C@@H](c2ccc(C)cc2)c2c([nH][nH]c2=O)C[C@@]1(C)O. The topological polar surface area (TPSA) is 95.2 Å². The minimum Gasteiger partial charge on any atom is -0.469 e. The maximum absolute atomic E-state index is 12.4. The van der Waals surface area contributed by atoms with Crippen molar-refractivity contribution >= 4 is 5.97 Å². The highest BCUT2D eigenvalue weighted by atomic mass is 16.5. The number of aliphatic hydroxyl groups is 1. The summed E-state index contributed by atoms with van der Waals surface area (Å²) in [6.45, 7) is 3.57. The van der Waals surface area contributed by atoms with Crippen molar-refractivity contribution in [3.8, 4) is 0 Å². The highest BCUT2D eigenvalue weighted by Gasteiger charge is 2.50. The second-order valence-corrected chi connectivity index (χ2v) is 6.39. The molecule has 0 aliphatic heterocycles. The van der Waals surface area contributed by atoms with Gasteiger partial charge in [0.05, 0.1) is 18.6 Å². The number of carbonyl (C=O) groups excluding carboxylic acids is 1. The van der Waals surface area contributed by atoms with Crippen LogP contribution in [0.1, 0.15) is 35.2 Å². The van der Waals surface area contributed by atoms with E-state index in [0.29, 0.717) is 11.3 Å². The van der Waals surface area contributed by atoms with E-state index in [4.69, 9.17) is 4.74 Å². The Morgan fingerprint density at radius 3 is 2.57 bits per heavy atom. The molecule has 122 valence electrons. The molecule has 2 aromatic rings. The Hall–Kier alpha value is -2.34. The third-order valence-corrected chi connectivity index (χ3v) is 4.64. The maximum Gasteiger partial charge on any atom is 0.312 e. The molecule has 0 radical (unpaired) electrons. The first-order chi connectivity index (χ1) is 10.8. The average molecular weight is 316 g/mol. The fourth-order valence-electron chi connectivity index (χ4n) is 3.52. The minimum absolute atomic E-state index is 0.184. The summed E-state index contributed by atoms with van der Waals surface area (Å²) in [7, 11) is 1.29. The zero-order chi connectivity index (χ0) is 16.8. The number of nitrogens with one attached hydrogen (secondary N) is 2. The first kappa shape index (κ1) is 15.6. The highest BCUT2D eigenvalue weighted by Crippen LogP contribution is 2.44. The van der Waals surface area contributed by atoms with E-state index in [9.17, 15) is 14.7 Å². The lowest BCUT2D eigenvalue weighted by molar-refractivity contribution is -0.156. The van der Waals surface area contributed by atoms with Gasteiger partial charge in [-0.1, -0.05) is 29.8 Å². The quantitative estimate of drug-likeness (QED) is 0.726. The summed E-state index contributed by atoms with van der Waals surface area (Å²) in [6, 6.07) is 7.61. The van der Waals surface area contributed by atoms with Gasteiger partial charge in [-0.2, -0.15) is 0 Å². The number of aromatic nitrogens is 2. The van der Waals surface area contributed by atoms with Gasteiger partial charge in [-0.15, -0.1) is 0 Å². The molecule has 6 heteroatoms. The molecule has 0 amide bonds. The number of hydrogen-bond donors (Lipinski definition) is 3. The highest BCUT2D eigenvalue weighted by molar-refractivity contribution is 5.77. The Balaban J connectivity index is 2.24. The summed E-state index contributed by atoms with van der Waals surface area (Å²) in [5.41, 5.74) is 1.42. The second-order valence-electron chi connectivity index (χ2n) is 6.39. The molecule has 0 saturated heterocycles. The minimum atomic E-state index is -1.32. The largest absolute Gasteiger partial charge is 0.469 e. The van der Waals surface area contributed by atoms with E-state index in [2.05, 4.69) is 10.2 Å². The lowest BCUT2D eigenvalue weighted by Gasteiger charge is -2.40. The molecular weight excluding hydrogens is 296 g/mol. The number of aryl methyl sites for hydroxylation is 1. The Morgan fingerprint density at radius 2 is 1.96 bits per heavy atom. The van der Waals surface area contributed by atoms with Crippen LogP contribution in [0.15, 0.2) is 29.1 Å². The Bertz CT molecular complexity index is 786. The molecule has 6 nitrogen and oxygen atoms in total. The van der Waals surface area contributed by atoms with Gasteiger partial charge in [0.1, 0.15) is 0 Å². The van der Waals surface area contributed by atoms with Crippen LogP contribution < -0.4 is 5.56 Å². The summed E-state index contributed by atoms with van der Waals surface area (Å²) in [4.78, 5) is 24.6. The van der Waals surface area contributed by atoms with Crippen molar-refractivity contribution in [1.82, 2.24) is 10.2 Å². The number of H-pyrrole nitrogens is 2. The lowest BCUT2D eigenvalue weighted by Crippen LogP contribution is -2.49. The van der Waals surface area contributed by atoms with E-state index in [0.717, 1.165) is 11.1 Å². The van der Waals surface area contributed by atoms with Crippen molar-refractivity contribution in [2.45, 2.75) is 31.8 Å². The Labute approximate surface area is 133 Å². The van der Waals surface area contributed by atoms with Gasteiger partial charge in [-0.25, -0.2) is 0 Å². The van der Waals surface area contributed by atoms with Crippen LogP contribution in [-0.2, 0) is 16.0 Å². The standard InChI is InChI=1S/C17H20N2O4/c1-9-4-6-10(7-5-9)12-13-11(18-19-15(13)20)8-17(2,22)14(12)16(21)23-3/h4-7,12,14,22H,8H2,1-3H3,(H2,18,19,20)/t12-,14-,17+/m0/s1. The predicted molar refractivity (Wildman–Crippen MR) is 84.3 cm³/mol. The van der Waals surface area contributed by atoms with Crippen molar-refractivity contribution in [1.29, 1.82) is 0 Å². The number of benzene rings is 1. The third kappa shape index (κ3) is 2.49. The number of methoxy groups -OCH3 is 1. The fraction of sp³-hybridized carbons (Fsp3) is 0.412. The molecule has 1 aliphatic carbocycles. The molecule has 3 rings (SSSR count). The first-order valence-corrected chi connectivity index (χ1v) is 7.51. The maximum atomic E-state index is 12.4. The van der Waals surface area contributed by atoms with Gasteiger partial charge in [-0.3, -0.25) is 14.7 Å². The molecule has 0 saturated carbocycles. The second kappa shape index (κ2) is 5.38. The molecule has 23 heavy (non-hydrogen) atoms. The number of esters is 1. The smallest absolute Gasteiger partial charge is 0.312 e. The molecule has 1 heterocycles. The summed E-state index contributed by atoms with van der Waals surface area (Å²) in [5.74, 6) is -1.93. The molecule has 3 atom stereocenters. The van der Waals surface area contributed by atoms with Crippen molar-refractivity contribution < 1.29 is 14.6 Å². The van der Waals surface area contributed by atoms with Crippen molar-refractivity contribution in [3.63, 3.8) is 0 Å². The van der Waals surface area contributed by atoms with Crippen LogP contribution in [0.5, 0.6) is 0 Å². The van der Waals surface area contributed by atoms with Gasteiger partial charge in [0.25, 0.3) is 5.56 Å². The van der Waals surface area contributed by atoms with Crippen molar-refractivity contribution in [2.75, 3.05) is 7.11 Å². The van der Waals surface area contributed by atoms with Gasteiger partial charge in [0.15, 0.2) is 0 Å². The molecule has 3 N–H and O–H groups in total. The zero-order valence-corrected chi connectivity index (χ0v) is 13.3. The Morgan fingerprint density at radius 1 is 1.30 bits per heavy atom. The number of hydrogen-bond acceptors (Lipinski definition) is 4. The molecule has 1 aromatic carbocycles. The van der Waals surface area contributed by atoms with Crippen molar-refractivity contribution in [3.05, 3.63) is 57.0 Å². The van der Waals surface area contributed by atoms with Gasteiger partial charge < -0.3 is 14.9 Å². The molecular formula is C17H20N2O4. The van der Waals surface area contributed by atoms with E-state index >= 15 is 0 Å². The van der Waals surface area contributed by atoms with Crippen LogP contribution in [0.3, 0.4) is 0 Å². The fourth-order valence-corrected chi connectivity index (χ4v) is 3.52. The molecule has 0 unspecified atom stereocenters. The number of ether oxygens (including phenoxy) is 1. The van der Waals surface area contributed by atoms with Gasteiger partial charge in [0.2, 0.25) is 0 Å². The van der Waals surface area contributed by atoms with Crippen LogP contribution in [-0.4, -0.2) is 34.0 Å². The van der Waals surface area contributed by atoms with Crippen LogP contribution >= 0.6 is 0 Å². The van der Waals surface area contributed by atoms with Crippen LogP contribution in [0.25, 0.3) is 0 Å². The first-order valence-electron chi connectivity index (χ1n) is 7.51. The van der Waals surface area contributed by atoms with Crippen LogP contribution in [0.4, 0.5) is 0 Å². The van der Waals surface area contributed by atoms with E-state index in [1.54, 1.807) is 6.92 Å². The van der Waals surface area contributed by atoms with E-state index in [1.165, 1.54) is 7.11 Å². The summed E-state index contributed by atoms with van der Waals surface area (Å²) in [5, 5.41) is 16.2. The number of rotatable bonds is 2. The summed E-state index contributed by atoms with van der Waals surface area (Å²) < 4.78 is 4.91. The summed E-state index contributed by atoms with van der Waals surface area (Å²) in [6.07, 6.45) is 0.184. The number of aromatic amines is 2. The van der Waals surface area contributed by atoms with E-state index in [1.807, 2.05) is 31.2 Å². The summed E-state index contributed by atoms with van der Waals surface area (Å²) >= 11 is 0. The number of carbonyl (C=O) groups is 1. The third-order valence-electron chi connectivity index (χ3n) is 4.64. The molecule has 1 aromatic heterocycles.